The first-order valence-electron chi connectivity index (χ1n) is 4.68. The molecule has 2 heteroatoms. The van der Waals surface area contributed by atoms with Crippen LogP contribution >= 0.6 is 11.6 Å². The van der Waals surface area contributed by atoms with Gasteiger partial charge in [-0.2, -0.15) is 0 Å². The number of rotatable bonds is 2. The Bertz CT molecular complexity index is 451. The summed E-state index contributed by atoms with van der Waals surface area (Å²) in [5.74, 6) is 0. The lowest BCUT2D eigenvalue weighted by Crippen LogP contribution is -2.02. The molecule has 0 aromatic heterocycles. The lowest BCUT2D eigenvalue weighted by Gasteiger charge is -2.02. The van der Waals surface area contributed by atoms with Gasteiger partial charge in [-0.15, -0.1) is 0 Å². The van der Waals surface area contributed by atoms with Gasteiger partial charge in [0.1, 0.15) is 0 Å². The maximum absolute atomic E-state index is 5.90. The highest BCUT2D eigenvalue weighted by Gasteiger charge is 1.96. The molecule has 0 radical (unpaired) electrons. The molecule has 1 nitrogen and oxygen atoms in total. The van der Waals surface area contributed by atoms with Crippen LogP contribution in [-0.2, 0) is 6.42 Å². The summed E-state index contributed by atoms with van der Waals surface area (Å²) in [6.07, 6.45) is 0.929. The van der Waals surface area contributed by atoms with Gasteiger partial charge in [0.15, 0.2) is 0 Å². The molecule has 0 unspecified atom stereocenters. The van der Waals surface area contributed by atoms with Crippen LogP contribution in [0.2, 0.25) is 5.02 Å². The van der Waals surface area contributed by atoms with E-state index < -0.39 is 0 Å². The Labute approximate surface area is 88.5 Å². The summed E-state index contributed by atoms with van der Waals surface area (Å²) in [6, 6.07) is 12.3. The van der Waals surface area contributed by atoms with Crippen molar-refractivity contribution in [3.63, 3.8) is 0 Å². The second-order valence-electron chi connectivity index (χ2n) is 3.36. The smallest absolute Gasteiger partial charge is 0.0412 e. The molecule has 14 heavy (non-hydrogen) atoms. The van der Waals surface area contributed by atoms with E-state index in [-0.39, 0.29) is 0 Å². The standard InChI is InChI=1S/C12H12ClN/c13-12-4-3-10-7-9(5-6-14)1-2-11(10)8-12/h1-4,7-8H,5-6,14H2. The Hall–Kier alpha value is -1.05. The van der Waals surface area contributed by atoms with Crippen LogP contribution < -0.4 is 5.73 Å². The number of hydrogen-bond donors (Lipinski definition) is 1. The molecule has 2 aromatic rings. The van der Waals surface area contributed by atoms with Crippen LogP contribution in [0.15, 0.2) is 36.4 Å². The fourth-order valence-electron chi connectivity index (χ4n) is 1.59. The van der Waals surface area contributed by atoms with Crippen molar-refractivity contribution < 1.29 is 0 Å². The van der Waals surface area contributed by atoms with E-state index in [0.29, 0.717) is 6.54 Å². The van der Waals surface area contributed by atoms with Crippen LogP contribution in [0.4, 0.5) is 0 Å². The van der Waals surface area contributed by atoms with Gasteiger partial charge < -0.3 is 5.73 Å². The van der Waals surface area contributed by atoms with Crippen molar-refractivity contribution in [2.45, 2.75) is 6.42 Å². The van der Waals surface area contributed by atoms with Crippen LogP contribution in [-0.4, -0.2) is 6.54 Å². The van der Waals surface area contributed by atoms with Crippen molar-refractivity contribution in [2.75, 3.05) is 6.54 Å². The molecule has 2 aromatic carbocycles. The minimum absolute atomic E-state index is 0.694. The fraction of sp³-hybridized carbons (Fsp3) is 0.167. The van der Waals surface area contributed by atoms with Crippen molar-refractivity contribution in [3.05, 3.63) is 47.0 Å². The minimum Gasteiger partial charge on any atom is -0.330 e. The predicted molar refractivity (Wildman–Crippen MR) is 61.7 cm³/mol. The van der Waals surface area contributed by atoms with Crippen LogP contribution in [0, 0.1) is 0 Å². The first-order chi connectivity index (χ1) is 6.79. The lowest BCUT2D eigenvalue weighted by atomic mass is 10.1. The minimum atomic E-state index is 0.694. The second-order valence-corrected chi connectivity index (χ2v) is 3.80. The zero-order valence-electron chi connectivity index (χ0n) is 7.83. The maximum atomic E-state index is 5.90. The summed E-state index contributed by atoms with van der Waals surface area (Å²) >= 11 is 5.90. The van der Waals surface area contributed by atoms with Crippen LogP contribution in [0.3, 0.4) is 0 Å². The van der Waals surface area contributed by atoms with E-state index in [9.17, 15) is 0 Å². The highest BCUT2D eigenvalue weighted by molar-refractivity contribution is 6.31. The van der Waals surface area contributed by atoms with Crippen molar-refractivity contribution in [3.8, 4) is 0 Å². The van der Waals surface area contributed by atoms with Crippen molar-refractivity contribution in [1.82, 2.24) is 0 Å². The van der Waals surface area contributed by atoms with Gasteiger partial charge in [-0.05, 0) is 41.4 Å². The first kappa shape index (κ1) is 9.50. The fourth-order valence-corrected chi connectivity index (χ4v) is 1.77. The molecule has 2 N–H and O–H groups in total. The van der Waals surface area contributed by atoms with Gasteiger partial charge in [-0.3, -0.25) is 0 Å². The molecule has 0 bridgehead atoms. The van der Waals surface area contributed by atoms with Gasteiger partial charge in [0.05, 0.1) is 0 Å². The van der Waals surface area contributed by atoms with E-state index >= 15 is 0 Å². The van der Waals surface area contributed by atoms with Crippen LogP contribution in [0.1, 0.15) is 5.56 Å². The molecule has 0 aliphatic rings. The molecule has 0 atom stereocenters. The molecule has 0 saturated carbocycles. The van der Waals surface area contributed by atoms with Gasteiger partial charge in [0, 0.05) is 5.02 Å². The van der Waals surface area contributed by atoms with Gasteiger partial charge >= 0.3 is 0 Å². The summed E-state index contributed by atoms with van der Waals surface area (Å²) in [6.45, 7) is 0.694. The molecule has 0 amide bonds. The SMILES string of the molecule is NCCc1ccc2cc(Cl)ccc2c1. The van der Waals surface area contributed by atoms with E-state index in [2.05, 4.69) is 18.2 Å². The molecule has 72 valence electrons. The topological polar surface area (TPSA) is 26.0 Å². The summed E-state index contributed by atoms with van der Waals surface area (Å²) in [5, 5.41) is 3.18. The van der Waals surface area contributed by atoms with Gasteiger partial charge in [0.25, 0.3) is 0 Å². The lowest BCUT2D eigenvalue weighted by molar-refractivity contribution is 0.971. The normalized spacial score (nSPS) is 10.7. The Kier molecular flexibility index (Phi) is 2.71. The Morgan fingerprint density at radius 1 is 1.00 bits per heavy atom. The quantitative estimate of drug-likeness (QED) is 0.802. The van der Waals surface area contributed by atoms with Crippen LogP contribution in [0.25, 0.3) is 10.8 Å². The molecule has 2 rings (SSSR count). The second kappa shape index (κ2) is 3.99. The van der Waals surface area contributed by atoms with E-state index in [4.69, 9.17) is 17.3 Å². The number of hydrogen-bond acceptors (Lipinski definition) is 1. The highest BCUT2D eigenvalue weighted by Crippen LogP contribution is 2.20. The Morgan fingerprint density at radius 2 is 1.71 bits per heavy atom. The van der Waals surface area contributed by atoms with Crippen molar-refractivity contribution in [1.29, 1.82) is 0 Å². The molecular formula is C12H12ClN. The van der Waals surface area contributed by atoms with Crippen molar-refractivity contribution >= 4 is 22.4 Å². The number of nitrogens with two attached hydrogens (primary N) is 1. The molecular weight excluding hydrogens is 194 g/mol. The average molecular weight is 206 g/mol. The Morgan fingerprint density at radius 3 is 2.50 bits per heavy atom. The third-order valence-corrected chi connectivity index (χ3v) is 2.53. The molecule has 0 spiro atoms. The first-order valence-corrected chi connectivity index (χ1v) is 5.05. The predicted octanol–water partition coefficient (Wildman–Crippen LogP) is 2.99. The van der Waals surface area contributed by atoms with E-state index in [1.165, 1.54) is 16.3 Å². The summed E-state index contributed by atoms with van der Waals surface area (Å²) in [5.41, 5.74) is 6.79. The number of fused-ring (bicyclic) bond motifs is 1. The zero-order valence-corrected chi connectivity index (χ0v) is 8.59. The highest BCUT2D eigenvalue weighted by atomic mass is 35.5. The van der Waals surface area contributed by atoms with Gasteiger partial charge in [0.2, 0.25) is 0 Å². The largest absolute Gasteiger partial charge is 0.330 e. The van der Waals surface area contributed by atoms with Crippen LogP contribution in [0.5, 0.6) is 0 Å². The molecule has 0 aliphatic carbocycles. The molecule has 0 saturated heterocycles. The summed E-state index contributed by atoms with van der Waals surface area (Å²) < 4.78 is 0. The maximum Gasteiger partial charge on any atom is 0.0412 e. The zero-order chi connectivity index (χ0) is 9.97. The Balaban J connectivity index is 2.50. The molecule has 0 fully saturated rings. The summed E-state index contributed by atoms with van der Waals surface area (Å²) in [7, 11) is 0. The number of halogens is 1. The third-order valence-electron chi connectivity index (χ3n) is 2.30. The molecule has 0 heterocycles. The van der Waals surface area contributed by atoms with Gasteiger partial charge in [-0.1, -0.05) is 35.9 Å². The molecule has 0 aliphatic heterocycles. The van der Waals surface area contributed by atoms with E-state index in [1.807, 2.05) is 18.2 Å². The summed E-state index contributed by atoms with van der Waals surface area (Å²) in [4.78, 5) is 0. The third kappa shape index (κ3) is 1.89. The van der Waals surface area contributed by atoms with Gasteiger partial charge in [-0.25, -0.2) is 0 Å². The monoisotopic (exact) mass is 205 g/mol. The van der Waals surface area contributed by atoms with Crippen molar-refractivity contribution in [2.24, 2.45) is 5.73 Å². The van der Waals surface area contributed by atoms with E-state index in [1.54, 1.807) is 0 Å². The van der Waals surface area contributed by atoms with E-state index in [0.717, 1.165) is 11.4 Å². The average Bonchev–Trinajstić information content (AvgIpc) is 2.19. The number of benzene rings is 2.